The summed E-state index contributed by atoms with van der Waals surface area (Å²) in [7, 11) is 0. The first-order valence-electron chi connectivity index (χ1n) is 14.3. The number of halogens is 2. The first kappa shape index (κ1) is 24.8. The molecule has 10 atom stereocenters. The number of aryl methyl sites for hydroxylation is 1. The number of nitrogens with zero attached hydrogens (tertiary/aromatic N) is 1. The number of aliphatic hydroxyl groups is 2. The molecule has 1 aromatic carbocycles. The Morgan fingerprint density at radius 2 is 1.81 bits per heavy atom. The Kier molecular flexibility index (Phi) is 6.03. The zero-order valence-electron chi connectivity index (χ0n) is 21.9. The Morgan fingerprint density at radius 3 is 2.61 bits per heavy atom. The fraction of sp³-hybridized carbons (Fsp3) is 0.767. The molecule has 6 rings (SSSR count). The van der Waals surface area contributed by atoms with E-state index in [2.05, 4.69) is 30.7 Å². The second-order valence-electron chi connectivity index (χ2n) is 13.4. The number of rotatable bonds is 4. The van der Waals surface area contributed by atoms with Crippen LogP contribution in [0.5, 0.6) is 0 Å². The molecule has 4 fully saturated rings. The first-order valence-corrected chi connectivity index (χ1v) is 14.3. The SMILES string of the molecule is CC(CCc1nc2cc(F)c(F)cc2[nH]1)[C@H]1CC[C@H]2[C@@H]3CC[C@@H]4C[C@H](O)CC[C@]4(C)[C@H]3C[C@H](O)[C@]12C. The molecule has 0 bridgehead atoms. The highest BCUT2D eigenvalue weighted by atomic mass is 19.2. The van der Waals surface area contributed by atoms with Crippen molar-refractivity contribution in [1.82, 2.24) is 9.97 Å². The average molecular weight is 501 g/mol. The van der Waals surface area contributed by atoms with Gasteiger partial charge in [-0.3, -0.25) is 0 Å². The number of hydrogen-bond donors (Lipinski definition) is 3. The van der Waals surface area contributed by atoms with Crippen molar-refractivity contribution in [3.05, 3.63) is 29.6 Å². The van der Waals surface area contributed by atoms with Gasteiger partial charge in [-0.15, -0.1) is 0 Å². The molecule has 4 aliphatic carbocycles. The van der Waals surface area contributed by atoms with Gasteiger partial charge in [-0.25, -0.2) is 13.8 Å². The number of nitrogens with one attached hydrogen (secondary N) is 1. The van der Waals surface area contributed by atoms with Gasteiger partial charge >= 0.3 is 0 Å². The van der Waals surface area contributed by atoms with Crippen LogP contribution in [0, 0.1) is 58.0 Å². The lowest BCUT2D eigenvalue weighted by Crippen LogP contribution is -2.58. The predicted octanol–water partition coefficient (Wildman–Crippen LogP) is 6.40. The fourth-order valence-electron chi connectivity index (χ4n) is 9.90. The van der Waals surface area contributed by atoms with Crippen LogP contribution in [-0.2, 0) is 6.42 Å². The van der Waals surface area contributed by atoms with E-state index in [0.29, 0.717) is 46.5 Å². The molecular formula is C30H42F2N2O2. The van der Waals surface area contributed by atoms with Gasteiger partial charge in [0.15, 0.2) is 11.6 Å². The molecule has 0 spiro atoms. The van der Waals surface area contributed by atoms with Crippen LogP contribution in [0.1, 0.15) is 84.4 Å². The van der Waals surface area contributed by atoms with Crippen LogP contribution in [0.3, 0.4) is 0 Å². The van der Waals surface area contributed by atoms with Crippen LogP contribution in [0.4, 0.5) is 8.78 Å². The molecule has 4 saturated carbocycles. The van der Waals surface area contributed by atoms with Crippen LogP contribution in [0.2, 0.25) is 0 Å². The lowest BCUT2D eigenvalue weighted by atomic mass is 9.43. The van der Waals surface area contributed by atoms with Crippen LogP contribution >= 0.6 is 0 Å². The van der Waals surface area contributed by atoms with E-state index in [1.807, 2.05) is 0 Å². The highest BCUT2D eigenvalue weighted by Crippen LogP contribution is 2.68. The summed E-state index contributed by atoms with van der Waals surface area (Å²) < 4.78 is 27.2. The Balaban J connectivity index is 1.18. The van der Waals surface area contributed by atoms with E-state index in [-0.39, 0.29) is 23.0 Å². The van der Waals surface area contributed by atoms with E-state index >= 15 is 0 Å². The number of aromatic nitrogens is 2. The molecule has 198 valence electrons. The van der Waals surface area contributed by atoms with Crippen molar-refractivity contribution in [1.29, 1.82) is 0 Å². The molecule has 4 nitrogen and oxygen atoms in total. The number of benzene rings is 1. The summed E-state index contributed by atoms with van der Waals surface area (Å²) in [5.41, 5.74) is 1.21. The van der Waals surface area contributed by atoms with Gasteiger partial charge in [0.2, 0.25) is 0 Å². The van der Waals surface area contributed by atoms with Crippen molar-refractivity contribution in [3.8, 4) is 0 Å². The van der Waals surface area contributed by atoms with Crippen molar-refractivity contribution < 1.29 is 19.0 Å². The van der Waals surface area contributed by atoms with Crippen molar-refractivity contribution in [2.24, 2.45) is 46.3 Å². The van der Waals surface area contributed by atoms with Gasteiger partial charge < -0.3 is 15.2 Å². The Morgan fingerprint density at radius 1 is 1.03 bits per heavy atom. The molecule has 0 radical (unpaired) electrons. The van der Waals surface area contributed by atoms with Gasteiger partial charge in [0.05, 0.1) is 23.2 Å². The molecule has 6 heteroatoms. The fourth-order valence-corrected chi connectivity index (χ4v) is 9.90. The molecule has 2 aromatic rings. The van der Waals surface area contributed by atoms with E-state index in [1.54, 1.807) is 0 Å². The third-order valence-corrected chi connectivity index (χ3v) is 11.9. The van der Waals surface area contributed by atoms with Gasteiger partial charge in [-0.2, -0.15) is 0 Å². The van der Waals surface area contributed by atoms with Crippen LogP contribution in [0.15, 0.2) is 12.1 Å². The minimum atomic E-state index is -0.865. The van der Waals surface area contributed by atoms with Crippen molar-refractivity contribution in [3.63, 3.8) is 0 Å². The summed E-state index contributed by atoms with van der Waals surface area (Å²) >= 11 is 0. The summed E-state index contributed by atoms with van der Waals surface area (Å²) in [6, 6.07) is 2.35. The highest BCUT2D eigenvalue weighted by molar-refractivity contribution is 5.75. The minimum absolute atomic E-state index is 0.0574. The standard InChI is InChI=1S/C30H42F2N2O2/c1-16(4-9-28-33-25-14-23(31)24(32)15-26(25)34-28)20-7-8-21-19-6-5-17-12-18(35)10-11-29(17,2)22(19)13-27(36)30(20,21)3/h14-22,27,35-36H,4-13H2,1-3H3,(H,33,34)/t16?,17-,18-,19+,20-,21+,22+,27+,29+,30-/m1/s1. The number of aliphatic hydroxyl groups excluding tert-OH is 2. The Hall–Kier alpha value is -1.53. The number of fused-ring (bicyclic) bond motifs is 6. The van der Waals surface area contributed by atoms with E-state index in [4.69, 9.17) is 0 Å². The molecule has 1 unspecified atom stereocenters. The summed E-state index contributed by atoms with van der Waals surface area (Å²) in [4.78, 5) is 7.67. The quantitative estimate of drug-likeness (QED) is 0.455. The van der Waals surface area contributed by atoms with Gasteiger partial charge in [0.25, 0.3) is 0 Å². The molecule has 0 saturated heterocycles. The van der Waals surface area contributed by atoms with E-state index < -0.39 is 11.6 Å². The van der Waals surface area contributed by atoms with Crippen molar-refractivity contribution in [2.45, 2.75) is 97.2 Å². The second kappa shape index (κ2) is 8.76. The summed E-state index contributed by atoms with van der Waals surface area (Å²) in [5.74, 6) is 2.39. The molecule has 0 amide bonds. The maximum absolute atomic E-state index is 13.6. The van der Waals surface area contributed by atoms with Crippen LogP contribution in [-0.4, -0.2) is 32.4 Å². The minimum Gasteiger partial charge on any atom is -0.393 e. The average Bonchev–Trinajstić information content (AvgIpc) is 3.40. The van der Waals surface area contributed by atoms with E-state index in [0.717, 1.165) is 56.8 Å². The van der Waals surface area contributed by atoms with E-state index in [9.17, 15) is 19.0 Å². The highest BCUT2D eigenvalue weighted by Gasteiger charge is 2.63. The van der Waals surface area contributed by atoms with Gasteiger partial charge in [-0.05, 0) is 104 Å². The number of aromatic amines is 1. The first-order chi connectivity index (χ1) is 17.1. The normalized spacial score (nSPS) is 43.1. The number of hydrogen-bond acceptors (Lipinski definition) is 3. The summed E-state index contributed by atoms with van der Waals surface area (Å²) in [6.07, 6.45) is 9.96. The summed E-state index contributed by atoms with van der Waals surface area (Å²) in [5, 5.41) is 22.1. The molecule has 1 aromatic heterocycles. The van der Waals surface area contributed by atoms with Crippen LogP contribution in [0.25, 0.3) is 11.0 Å². The zero-order chi connectivity index (χ0) is 25.4. The van der Waals surface area contributed by atoms with E-state index in [1.165, 1.54) is 25.3 Å². The maximum Gasteiger partial charge on any atom is 0.161 e. The Labute approximate surface area is 213 Å². The third kappa shape index (κ3) is 3.68. The third-order valence-electron chi connectivity index (χ3n) is 11.9. The largest absolute Gasteiger partial charge is 0.393 e. The molecule has 4 aliphatic rings. The van der Waals surface area contributed by atoms with Gasteiger partial charge in [0.1, 0.15) is 5.82 Å². The lowest BCUT2D eigenvalue weighted by molar-refractivity contribution is -0.174. The summed E-state index contributed by atoms with van der Waals surface area (Å²) in [6.45, 7) is 7.16. The lowest BCUT2D eigenvalue weighted by Gasteiger charge is -2.62. The topological polar surface area (TPSA) is 69.1 Å². The van der Waals surface area contributed by atoms with Crippen LogP contribution < -0.4 is 0 Å². The predicted molar refractivity (Wildman–Crippen MR) is 136 cm³/mol. The monoisotopic (exact) mass is 500 g/mol. The molecule has 0 aliphatic heterocycles. The zero-order valence-corrected chi connectivity index (χ0v) is 21.9. The molecule has 1 heterocycles. The van der Waals surface area contributed by atoms with Gasteiger partial charge in [0, 0.05) is 18.6 Å². The molecule has 36 heavy (non-hydrogen) atoms. The smallest absolute Gasteiger partial charge is 0.161 e. The Bertz CT molecular complexity index is 1100. The maximum atomic E-state index is 13.6. The second-order valence-corrected chi connectivity index (χ2v) is 13.4. The molecule has 3 N–H and O–H groups in total. The molecular weight excluding hydrogens is 458 g/mol. The number of H-pyrrole nitrogens is 1. The number of imidazole rings is 1. The van der Waals surface area contributed by atoms with Gasteiger partial charge in [-0.1, -0.05) is 20.8 Å². The van der Waals surface area contributed by atoms with Crippen molar-refractivity contribution in [2.75, 3.05) is 0 Å². The van der Waals surface area contributed by atoms with Crippen molar-refractivity contribution >= 4 is 11.0 Å².